The van der Waals surface area contributed by atoms with Gasteiger partial charge in [0.25, 0.3) is 5.91 Å². The summed E-state index contributed by atoms with van der Waals surface area (Å²) in [5, 5.41) is 7.81. The van der Waals surface area contributed by atoms with Gasteiger partial charge < -0.3 is 9.15 Å². The second-order valence-electron chi connectivity index (χ2n) is 5.72. The van der Waals surface area contributed by atoms with Gasteiger partial charge in [0.1, 0.15) is 11.8 Å². The number of hydrogen-bond donors (Lipinski definition) is 0. The van der Waals surface area contributed by atoms with Crippen molar-refractivity contribution < 1.29 is 18.3 Å². The molecule has 1 aromatic carbocycles. The molecule has 5 nitrogen and oxygen atoms in total. The minimum absolute atomic E-state index is 0.0389. The van der Waals surface area contributed by atoms with Crippen molar-refractivity contribution in [1.82, 2.24) is 5.01 Å². The first kappa shape index (κ1) is 16.5. The smallest absolute Gasteiger partial charge is 0.281 e. The van der Waals surface area contributed by atoms with Crippen molar-refractivity contribution in [1.29, 1.82) is 0 Å². The molecule has 26 heavy (non-hydrogen) atoms. The highest BCUT2D eigenvalue weighted by atomic mass is 32.1. The van der Waals surface area contributed by atoms with E-state index >= 15 is 0 Å². The highest BCUT2D eigenvalue weighted by Crippen LogP contribution is 2.34. The Kier molecular flexibility index (Phi) is 4.53. The van der Waals surface area contributed by atoms with Gasteiger partial charge in [-0.3, -0.25) is 4.79 Å². The van der Waals surface area contributed by atoms with Crippen LogP contribution in [0, 0.1) is 5.82 Å². The molecule has 0 N–H and O–H groups in total. The lowest BCUT2D eigenvalue weighted by Gasteiger charge is -2.20. The van der Waals surface area contributed by atoms with E-state index in [-0.39, 0.29) is 24.3 Å². The Balaban J connectivity index is 1.54. The number of carbonyl (C=O) groups is 1. The number of thiophene rings is 1. The molecule has 7 heteroatoms. The lowest BCUT2D eigenvalue weighted by atomic mass is 10.1. The fraction of sp³-hybridized carbons (Fsp3) is 0.158. The van der Waals surface area contributed by atoms with Crippen LogP contribution in [-0.4, -0.2) is 23.2 Å². The van der Waals surface area contributed by atoms with E-state index in [4.69, 9.17) is 9.15 Å². The van der Waals surface area contributed by atoms with Crippen molar-refractivity contribution in [2.45, 2.75) is 12.5 Å². The molecule has 0 aliphatic carbocycles. The number of hydrogen-bond acceptors (Lipinski definition) is 5. The Morgan fingerprint density at radius 2 is 2.15 bits per heavy atom. The van der Waals surface area contributed by atoms with Gasteiger partial charge in [0.15, 0.2) is 18.2 Å². The standard InChI is InChI=1S/C19H15FN2O3S/c20-13-5-1-2-6-16(13)25-12-19(23)22-15(17-7-3-9-24-17)11-14(21-22)18-8-4-10-26-18/h1-10,15H,11-12H2. The summed E-state index contributed by atoms with van der Waals surface area (Å²) in [6.45, 7) is -0.306. The number of carbonyl (C=O) groups excluding carboxylic acids is 1. The molecule has 4 rings (SSSR count). The van der Waals surface area contributed by atoms with E-state index in [0.717, 1.165) is 10.6 Å². The first-order chi connectivity index (χ1) is 12.7. The molecule has 0 spiro atoms. The summed E-state index contributed by atoms with van der Waals surface area (Å²) in [4.78, 5) is 13.7. The summed E-state index contributed by atoms with van der Waals surface area (Å²) in [7, 11) is 0. The first-order valence-corrected chi connectivity index (χ1v) is 8.94. The average molecular weight is 370 g/mol. The van der Waals surface area contributed by atoms with E-state index in [0.29, 0.717) is 12.2 Å². The normalized spacial score (nSPS) is 16.6. The minimum atomic E-state index is -0.507. The lowest BCUT2D eigenvalue weighted by molar-refractivity contribution is -0.135. The third kappa shape index (κ3) is 3.25. The van der Waals surface area contributed by atoms with E-state index in [2.05, 4.69) is 5.10 Å². The Labute approximate surface area is 153 Å². The maximum atomic E-state index is 13.7. The molecule has 1 aliphatic heterocycles. The molecule has 3 aromatic rings. The Bertz CT molecular complexity index is 922. The zero-order valence-electron chi connectivity index (χ0n) is 13.7. The molecule has 0 bridgehead atoms. The van der Waals surface area contributed by atoms with Gasteiger partial charge in [-0.2, -0.15) is 5.10 Å². The number of amides is 1. The van der Waals surface area contributed by atoms with Gasteiger partial charge in [-0.15, -0.1) is 11.3 Å². The zero-order chi connectivity index (χ0) is 17.9. The molecule has 0 saturated heterocycles. The Hall–Kier alpha value is -2.93. The van der Waals surface area contributed by atoms with Crippen molar-refractivity contribution in [3.05, 3.63) is 76.6 Å². The summed E-state index contributed by atoms with van der Waals surface area (Å²) < 4.78 is 24.5. The number of rotatable bonds is 5. The van der Waals surface area contributed by atoms with Crippen LogP contribution in [0.5, 0.6) is 5.75 Å². The molecule has 1 unspecified atom stereocenters. The summed E-state index contributed by atoms with van der Waals surface area (Å²) in [5.74, 6) is -0.176. The number of hydrazone groups is 1. The predicted octanol–water partition coefficient (Wildman–Crippen LogP) is 4.24. The number of furan rings is 1. The van der Waals surface area contributed by atoms with Crippen LogP contribution in [-0.2, 0) is 4.79 Å². The largest absolute Gasteiger partial charge is 0.481 e. The molecule has 132 valence electrons. The van der Waals surface area contributed by atoms with Crippen LogP contribution in [0.2, 0.25) is 0 Å². The predicted molar refractivity (Wildman–Crippen MR) is 95.7 cm³/mol. The summed E-state index contributed by atoms with van der Waals surface area (Å²) >= 11 is 1.57. The van der Waals surface area contributed by atoms with Crippen molar-refractivity contribution >= 4 is 23.0 Å². The van der Waals surface area contributed by atoms with Gasteiger partial charge in [-0.05, 0) is 35.7 Å². The van der Waals surface area contributed by atoms with Gasteiger partial charge in [-0.1, -0.05) is 18.2 Å². The van der Waals surface area contributed by atoms with E-state index in [1.807, 2.05) is 23.6 Å². The maximum absolute atomic E-state index is 13.7. The van der Waals surface area contributed by atoms with Crippen LogP contribution in [0.4, 0.5) is 4.39 Å². The molecule has 0 radical (unpaired) electrons. The molecule has 0 fully saturated rings. The van der Waals surface area contributed by atoms with Crippen LogP contribution in [0.15, 0.2) is 69.7 Å². The topological polar surface area (TPSA) is 55.0 Å². The molecule has 3 heterocycles. The maximum Gasteiger partial charge on any atom is 0.281 e. The molecular formula is C19H15FN2O3S. The van der Waals surface area contributed by atoms with E-state index in [9.17, 15) is 9.18 Å². The van der Waals surface area contributed by atoms with Gasteiger partial charge in [0.2, 0.25) is 0 Å². The number of halogens is 1. The molecule has 2 aromatic heterocycles. The van der Waals surface area contributed by atoms with Crippen molar-refractivity contribution in [2.75, 3.05) is 6.61 Å². The van der Waals surface area contributed by atoms with Gasteiger partial charge >= 0.3 is 0 Å². The lowest BCUT2D eigenvalue weighted by Crippen LogP contribution is -2.31. The number of nitrogens with zero attached hydrogens (tertiary/aromatic N) is 2. The third-order valence-corrected chi connectivity index (χ3v) is 4.95. The SMILES string of the molecule is O=C(COc1ccccc1F)N1N=C(c2cccs2)CC1c1ccco1. The molecule has 1 atom stereocenters. The minimum Gasteiger partial charge on any atom is -0.481 e. The fourth-order valence-electron chi connectivity index (χ4n) is 2.80. The second-order valence-corrected chi connectivity index (χ2v) is 6.66. The highest BCUT2D eigenvalue weighted by molar-refractivity contribution is 7.12. The van der Waals surface area contributed by atoms with Crippen molar-refractivity contribution in [2.24, 2.45) is 5.10 Å². The van der Waals surface area contributed by atoms with Crippen molar-refractivity contribution in [3.63, 3.8) is 0 Å². The summed E-state index contributed by atoms with van der Waals surface area (Å²) in [6.07, 6.45) is 2.12. The highest BCUT2D eigenvalue weighted by Gasteiger charge is 2.35. The number of para-hydroxylation sites is 1. The van der Waals surface area contributed by atoms with E-state index < -0.39 is 5.82 Å². The quantitative estimate of drug-likeness (QED) is 0.675. The van der Waals surface area contributed by atoms with E-state index in [1.165, 1.54) is 17.1 Å². The van der Waals surface area contributed by atoms with Crippen LogP contribution in [0.3, 0.4) is 0 Å². The summed E-state index contributed by atoms with van der Waals surface area (Å²) in [6, 6.07) is 13.1. The molecular weight excluding hydrogens is 355 g/mol. The van der Waals surface area contributed by atoms with Gasteiger partial charge in [0.05, 0.1) is 16.9 Å². The third-order valence-electron chi connectivity index (χ3n) is 4.03. The number of benzene rings is 1. The van der Waals surface area contributed by atoms with Gasteiger partial charge in [0, 0.05) is 6.42 Å². The average Bonchev–Trinajstić information content (AvgIpc) is 3.41. The zero-order valence-corrected chi connectivity index (χ0v) is 14.5. The van der Waals surface area contributed by atoms with Crippen LogP contribution in [0.1, 0.15) is 23.1 Å². The van der Waals surface area contributed by atoms with Crippen LogP contribution < -0.4 is 4.74 Å². The Morgan fingerprint density at radius 1 is 1.27 bits per heavy atom. The second kappa shape index (κ2) is 7.13. The van der Waals surface area contributed by atoms with Crippen molar-refractivity contribution in [3.8, 4) is 5.75 Å². The molecule has 1 amide bonds. The van der Waals surface area contributed by atoms with Crippen LogP contribution >= 0.6 is 11.3 Å². The van der Waals surface area contributed by atoms with E-state index in [1.54, 1.807) is 35.8 Å². The summed E-state index contributed by atoms with van der Waals surface area (Å²) in [5.41, 5.74) is 0.820. The van der Waals surface area contributed by atoms with Gasteiger partial charge in [-0.25, -0.2) is 9.40 Å². The molecule has 0 saturated carbocycles. The Morgan fingerprint density at radius 3 is 2.88 bits per heavy atom. The number of ether oxygens (including phenoxy) is 1. The van der Waals surface area contributed by atoms with Crippen LogP contribution in [0.25, 0.3) is 0 Å². The molecule has 1 aliphatic rings. The first-order valence-electron chi connectivity index (χ1n) is 8.06. The fourth-order valence-corrected chi connectivity index (χ4v) is 3.52. The monoisotopic (exact) mass is 370 g/mol.